The maximum Gasteiger partial charge on any atom is 0.401 e. The predicted molar refractivity (Wildman–Crippen MR) is 140 cm³/mol. The van der Waals surface area contributed by atoms with E-state index in [1.54, 1.807) is 13.2 Å². The van der Waals surface area contributed by atoms with E-state index in [1.165, 1.54) is 21.4 Å². The van der Waals surface area contributed by atoms with Crippen molar-refractivity contribution in [2.45, 2.75) is 65.0 Å². The van der Waals surface area contributed by atoms with Gasteiger partial charge < -0.3 is 9.72 Å². The van der Waals surface area contributed by atoms with Crippen LogP contribution in [0.3, 0.4) is 0 Å². The zero-order valence-corrected chi connectivity index (χ0v) is 21.6. The zero-order valence-electron chi connectivity index (χ0n) is 21.6. The van der Waals surface area contributed by atoms with E-state index in [0.29, 0.717) is 19.0 Å². The minimum Gasteiger partial charge on any atom is -0.501 e. The molecule has 1 aliphatic heterocycles. The smallest absolute Gasteiger partial charge is 0.401 e. The number of rotatable bonds is 9. The fourth-order valence-corrected chi connectivity index (χ4v) is 5.08. The van der Waals surface area contributed by atoms with Crippen LogP contribution in [0.5, 0.6) is 0 Å². The number of benzene rings is 1. The van der Waals surface area contributed by atoms with Gasteiger partial charge in [-0.2, -0.15) is 13.2 Å². The number of alkyl halides is 3. The Kier molecular flexibility index (Phi) is 8.92. The van der Waals surface area contributed by atoms with Crippen LogP contribution in [0.4, 0.5) is 13.2 Å². The molecule has 1 aromatic heterocycles. The van der Waals surface area contributed by atoms with Gasteiger partial charge in [-0.15, -0.1) is 0 Å². The van der Waals surface area contributed by atoms with E-state index < -0.39 is 12.7 Å². The summed E-state index contributed by atoms with van der Waals surface area (Å²) in [6.07, 6.45) is 4.24. The molecule has 3 nitrogen and oxygen atoms in total. The monoisotopic (exact) mass is 488 g/mol. The van der Waals surface area contributed by atoms with Crippen LogP contribution in [0.25, 0.3) is 16.5 Å². The van der Waals surface area contributed by atoms with Gasteiger partial charge in [0.25, 0.3) is 0 Å². The number of aromatic amines is 1. The minimum absolute atomic E-state index is 0.274. The molecule has 192 valence electrons. The number of likely N-dealkylation sites (tertiary alicyclic amines) is 1. The van der Waals surface area contributed by atoms with E-state index in [9.17, 15) is 13.2 Å². The first-order chi connectivity index (χ1) is 16.6. The van der Waals surface area contributed by atoms with Crippen LogP contribution in [0.1, 0.15) is 75.6 Å². The molecule has 0 spiro atoms. The number of ether oxygens (including phenoxy) is 1. The minimum atomic E-state index is -4.14. The Morgan fingerprint density at radius 3 is 2.46 bits per heavy atom. The highest BCUT2D eigenvalue weighted by molar-refractivity contribution is 5.92. The lowest BCUT2D eigenvalue weighted by molar-refractivity contribution is -0.147. The number of hydrogen-bond donors (Lipinski definition) is 1. The number of methoxy groups -OCH3 is 1. The number of halogens is 3. The second kappa shape index (κ2) is 11.5. The molecule has 0 bridgehead atoms. The molecular weight excluding hydrogens is 449 g/mol. The standard InChI is InChI=1S/C29H39F3N2O/c1-7-9-23(17-26(35-6)20(5)8-2)28-27(19(3)4)24-16-22(10-11-25(24)33-28)21-12-14-34(15-13-21)18-29(30,31)32/h7,9-11,16-17,19-21,33H,1,8,12-15,18H2,2-6H3/b23-9+,26-17+. The van der Waals surface area contributed by atoms with Gasteiger partial charge in [0.05, 0.1) is 25.1 Å². The number of allylic oxidation sites excluding steroid dienone is 5. The highest BCUT2D eigenvalue weighted by Gasteiger charge is 2.33. The summed E-state index contributed by atoms with van der Waals surface area (Å²) in [6.45, 7) is 12.7. The summed E-state index contributed by atoms with van der Waals surface area (Å²) in [7, 11) is 1.71. The number of nitrogens with one attached hydrogen (secondary N) is 1. The summed E-state index contributed by atoms with van der Waals surface area (Å²) in [5.74, 6) is 1.78. The van der Waals surface area contributed by atoms with Gasteiger partial charge in [0.1, 0.15) is 0 Å². The Bertz CT molecular complexity index is 1070. The van der Waals surface area contributed by atoms with Crippen LogP contribution in [0, 0.1) is 5.92 Å². The van der Waals surface area contributed by atoms with Crippen LogP contribution < -0.4 is 0 Å². The number of nitrogens with zero attached hydrogens (tertiary/aromatic N) is 1. The van der Waals surface area contributed by atoms with E-state index in [4.69, 9.17) is 4.74 Å². The first kappa shape index (κ1) is 27.1. The predicted octanol–water partition coefficient (Wildman–Crippen LogP) is 8.18. The first-order valence-corrected chi connectivity index (χ1v) is 12.6. The summed E-state index contributed by atoms with van der Waals surface area (Å²) in [6, 6.07) is 6.49. The second-order valence-corrected chi connectivity index (χ2v) is 9.96. The van der Waals surface area contributed by atoms with Crippen LogP contribution in [-0.2, 0) is 4.74 Å². The molecule has 0 saturated carbocycles. The molecule has 35 heavy (non-hydrogen) atoms. The number of aromatic nitrogens is 1. The number of hydrogen-bond acceptors (Lipinski definition) is 2. The van der Waals surface area contributed by atoms with Crippen LogP contribution >= 0.6 is 0 Å². The molecular formula is C29H39F3N2O. The average Bonchev–Trinajstić information content (AvgIpc) is 3.19. The Hall–Kier alpha value is -2.47. The molecule has 1 aliphatic rings. The van der Waals surface area contributed by atoms with E-state index in [-0.39, 0.29) is 11.8 Å². The highest BCUT2D eigenvalue weighted by Crippen LogP contribution is 2.38. The van der Waals surface area contributed by atoms with Crippen LogP contribution in [-0.4, -0.2) is 42.8 Å². The fourth-order valence-electron chi connectivity index (χ4n) is 5.08. The third-order valence-corrected chi connectivity index (χ3v) is 7.12. The Balaban J connectivity index is 1.97. The van der Waals surface area contributed by atoms with Crippen molar-refractivity contribution in [1.29, 1.82) is 0 Å². The number of piperidine rings is 1. The van der Waals surface area contributed by atoms with Gasteiger partial charge in [-0.1, -0.05) is 52.5 Å². The van der Waals surface area contributed by atoms with Crippen molar-refractivity contribution in [2.24, 2.45) is 5.92 Å². The summed E-state index contributed by atoms with van der Waals surface area (Å²) in [5, 5.41) is 1.18. The van der Waals surface area contributed by atoms with Crippen molar-refractivity contribution in [2.75, 3.05) is 26.7 Å². The van der Waals surface area contributed by atoms with Gasteiger partial charge in [-0.05, 0) is 73.5 Å². The van der Waals surface area contributed by atoms with E-state index >= 15 is 0 Å². The molecule has 0 radical (unpaired) electrons. The molecule has 3 rings (SSSR count). The van der Waals surface area contributed by atoms with Gasteiger partial charge in [0.2, 0.25) is 0 Å². The topological polar surface area (TPSA) is 28.3 Å². The average molecular weight is 489 g/mol. The quantitative estimate of drug-likeness (QED) is 0.285. The Morgan fingerprint density at radius 2 is 1.91 bits per heavy atom. The number of fused-ring (bicyclic) bond motifs is 1. The summed E-state index contributed by atoms with van der Waals surface area (Å²) >= 11 is 0. The van der Waals surface area contributed by atoms with E-state index in [2.05, 4.69) is 63.5 Å². The summed E-state index contributed by atoms with van der Waals surface area (Å²) in [5.41, 5.74) is 5.59. The third-order valence-electron chi connectivity index (χ3n) is 7.12. The molecule has 2 heterocycles. The lowest BCUT2D eigenvalue weighted by Crippen LogP contribution is -2.39. The van der Waals surface area contributed by atoms with Crippen molar-refractivity contribution in [3.05, 3.63) is 65.6 Å². The molecule has 1 aromatic carbocycles. The van der Waals surface area contributed by atoms with Crippen LogP contribution in [0.15, 0.2) is 48.8 Å². The maximum atomic E-state index is 12.8. The van der Waals surface area contributed by atoms with Gasteiger partial charge in [-0.3, -0.25) is 4.90 Å². The van der Waals surface area contributed by atoms with Crippen molar-refractivity contribution < 1.29 is 17.9 Å². The fraction of sp³-hybridized carbons (Fsp3) is 0.517. The molecule has 1 atom stereocenters. The van der Waals surface area contributed by atoms with Crippen molar-refractivity contribution >= 4 is 16.5 Å². The number of H-pyrrole nitrogens is 1. The Labute approximate surface area is 207 Å². The largest absolute Gasteiger partial charge is 0.501 e. The zero-order chi connectivity index (χ0) is 25.8. The summed E-state index contributed by atoms with van der Waals surface area (Å²) < 4.78 is 44.0. The van der Waals surface area contributed by atoms with Crippen molar-refractivity contribution in [1.82, 2.24) is 9.88 Å². The molecule has 1 saturated heterocycles. The van der Waals surface area contributed by atoms with Gasteiger partial charge in [0.15, 0.2) is 0 Å². The molecule has 1 N–H and O–H groups in total. The molecule has 6 heteroatoms. The Morgan fingerprint density at radius 1 is 1.23 bits per heavy atom. The molecule has 1 fully saturated rings. The third kappa shape index (κ3) is 6.60. The molecule has 2 aromatic rings. The highest BCUT2D eigenvalue weighted by atomic mass is 19.4. The van der Waals surface area contributed by atoms with Gasteiger partial charge in [-0.25, -0.2) is 0 Å². The molecule has 0 aliphatic carbocycles. The summed E-state index contributed by atoms with van der Waals surface area (Å²) in [4.78, 5) is 5.15. The van der Waals surface area contributed by atoms with E-state index in [1.807, 2.05) is 6.08 Å². The lowest BCUT2D eigenvalue weighted by atomic mass is 9.87. The normalized spacial score (nSPS) is 17.9. The maximum absolute atomic E-state index is 12.8. The lowest BCUT2D eigenvalue weighted by Gasteiger charge is -2.32. The molecule has 1 unspecified atom stereocenters. The van der Waals surface area contributed by atoms with Crippen molar-refractivity contribution in [3.63, 3.8) is 0 Å². The van der Waals surface area contributed by atoms with Gasteiger partial charge >= 0.3 is 6.18 Å². The van der Waals surface area contributed by atoms with Crippen molar-refractivity contribution in [3.8, 4) is 0 Å². The SMILES string of the molecule is C=C/C=C(\C=C(\OC)C(C)CC)c1[nH]c2ccc(C3CCN(CC(F)(F)F)CC3)cc2c1C(C)C. The van der Waals surface area contributed by atoms with Gasteiger partial charge in [0, 0.05) is 22.4 Å². The molecule has 0 amide bonds. The first-order valence-electron chi connectivity index (χ1n) is 12.6. The van der Waals surface area contributed by atoms with Crippen LogP contribution in [0.2, 0.25) is 0 Å². The second-order valence-electron chi connectivity index (χ2n) is 9.96. The van der Waals surface area contributed by atoms with E-state index in [0.717, 1.165) is 41.8 Å².